The lowest BCUT2D eigenvalue weighted by Crippen LogP contribution is -2.70. The number of nitrogens with zero attached hydrogens (tertiary/aromatic N) is 3. The molecule has 27 heavy (non-hydrogen) atoms. The zero-order valence-electron chi connectivity index (χ0n) is 13.6. The number of hydrogen-bond acceptors (Lipinski definition) is 9. The lowest BCUT2D eigenvalue weighted by molar-refractivity contribution is -0.150. The highest BCUT2D eigenvalue weighted by molar-refractivity contribution is 8.00. The van der Waals surface area contributed by atoms with E-state index in [1.807, 2.05) is 0 Å². The quantitative estimate of drug-likeness (QED) is 0.187. The van der Waals surface area contributed by atoms with Crippen LogP contribution in [-0.2, 0) is 19.2 Å². The highest BCUT2D eigenvalue weighted by atomic mass is 32.2. The molecule has 10 nitrogen and oxygen atoms in total. The minimum atomic E-state index is -1.19. The van der Waals surface area contributed by atoms with Crippen molar-refractivity contribution >= 4 is 51.7 Å². The predicted octanol–water partition coefficient (Wildman–Crippen LogP) is -0.552. The molecule has 1 aromatic rings. The number of thioether (sulfide) groups is 1. The van der Waals surface area contributed by atoms with E-state index in [2.05, 4.69) is 21.4 Å². The molecule has 0 bridgehead atoms. The van der Waals surface area contributed by atoms with E-state index >= 15 is 0 Å². The molecule has 140 valence electrons. The summed E-state index contributed by atoms with van der Waals surface area (Å²) in [6, 6.07) is -0.889. The van der Waals surface area contributed by atoms with Crippen molar-refractivity contribution in [2.24, 2.45) is 5.16 Å². The number of oxime groups is 1. The van der Waals surface area contributed by atoms with Crippen LogP contribution in [0.2, 0.25) is 0 Å². The predicted molar refractivity (Wildman–Crippen MR) is 98.6 cm³/mol. The Morgan fingerprint density at radius 3 is 3.00 bits per heavy atom. The lowest BCUT2D eigenvalue weighted by atomic mass is 10.0. The van der Waals surface area contributed by atoms with Gasteiger partial charge in [-0.3, -0.25) is 14.5 Å². The zero-order chi connectivity index (χ0) is 19.6. The third-order valence-corrected chi connectivity index (χ3v) is 5.49. The number of terminal acetylenes is 1. The number of amides is 2. The summed E-state index contributed by atoms with van der Waals surface area (Å²) in [5, 5.41) is 16.7. The molecule has 0 aliphatic carbocycles. The topological polar surface area (TPSA) is 147 Å². The largest absolute Gasteiger partial charge is 0.477 e. The molecular formula is C15H13N5O5S2. The summed E-state index contributed by atoms with van der Waals surface area (Å²) in [5.74, 6) is 0.209. The Labute approximate surface area is 161 Å². The summed E-state index contributed by atoms with van der Waals surface area (Å²) in [7, 11) is 0. The third kappa shape index (κ3) is 3.60. The van der Waals surface area contributed by atoms with Crippen LogP contribution in [0.4, 0.5) is 5.13 Å². The van der Waals surface area contributed by atoms with Crippen LogP contribution in [-0.4, -0.2) is 62.3 Å². The first-order valence-corrected chi connectivity index (χ1v) is 9.40. The van der Waals surface area contributed by atoms with Gasteiger partial charge in [-0.15, -0.1) is 29.5 Å². The minimum absolute atomic E-state index is 0.0900. The average Bonchev–Trinajstić information content (AvgIpc) is 3.08. The molecular weight excluding hydrogens is 394 g/mol. The van der Waals surface area contributed by atoms with Crippen LogP contribution in [0.5, 0.6) is 0 Å². The van der Waals surface area contributed by atoms with Gasteiger partial charge in [0.2, 0.25) is 0 Å². The van der Waals surface area contributed by atoms with Crippen molar-refractivity contribution in [3.05, 3.63) is 22.8 Å². The molecule has 3 rings (SSSR count). The molecule has 12 heteroatoms. The summed E-state index contributed by atoms with van der Waals surface area (Å²) in [4.78, 5) is 46.2. The van der Waals surface area contributed by atoms with Gasteiger partial charge >= 0.3 is 5.97 Å². The van der Waals surface area contributed by atoms with Crippen molar-refractivity contribution in [3.63, 3.8) is 0 Å². The molecule has 2 amide bonds. The fourth-order valence-corrected chi connectivity index (χ4v) is 4.23. The minimum Gasteiger partial charge on any atom is -0.477 e. The van der Waals surface area contributed by atoms with E-state index in [1.54, 1.807) is 0 Å². The number of carboxylic acids is 1. The van der Waals surface area contributed by atoms with Crippen molar-refractivity contribution in [1.29, 1.82) is 0 Å². The van der Waals surface area contributed by atoms with Gasteiger partial charge in [0, 0.05) is 11.1 Å². The second-order valence-corrected chi connectivity index (χ2v) is 7.31. The number of carbonyl (C=O) groups is 3. The van der Waals surface area contributed by atoms with E-state index in [1.165, 1.54) is 23.2 Å². The van der Waals surface area contributed by atoms with Gasteiger partial charge in [0.1, 0.15) is 22.8 Å². The Hall–Kier alpha value is -3.04. The molecule has 1 unspecified atom stereocenters. The van der Waals surface area contributed by atoms with Gasteiger partial charge in [-0.25, -0.2) is 9.78 Å². The maximum atomic E-state index is 12.6. The molecule has 0 aromatic carbocycles. The van der Waals surface area contributed by atoms with Crippen molar-refractivity contribution < 1.29 is 24.3 Å². The number of anilines is 1. The van der Waals surface area contributed by atoms with Crippen LogP contribution in [0, 0.1) is 12.3 Å². The highest BCUT2D eigenvalue weighted by Crippen LogP contribution is 2.37. The Balaban J connectivity index is 1.76. The van der Waals surface area contributed by atoms with Crippen LogP contribution in [0.25, 0.3) is 0 Å². The molecule has 2 atom stereocenters. The standard InChI is InChI=1S/C15H13N5O5S2/c1-2-4-25-19-9(7-6-27-15(16)17-7)11(21)18-10-12(22)20-8(14(23)24)3-5-26-13(10)20/h1,3,6,10,13H,4-5H2,(H2,16,17)(H,18,21)(H,23,24)/b19-9-/t10?,13-/m0/s1. The molecule has 0 saturated carbocycles. The van der Waals surface area contributed by atoms with Crippen molar-refractivity contribution in [2.75, 3.05) is 18.1 Å². The van der Waals surface area contributed by atoms with Crippen molar-refractivity contribution in [2.45, 2.75) is 11.4 Å². The fourth-order valence-electron chi connectivity index (χ4n) is 2.48. The maximum absolute atomic E-state index is 12.6. The number of nitrogens with one attached hydrogen (secondary N) is 1. The summed E-state index contributed by atoms with van der Waals surface area (Å²) in [6.45, 7) is -0.155. The first-order chi connectivity index (χ1) is 12.9. The molecule has 2 aliphatic heterocycles. The molecule has 0 radical (unpaired) electrons. The number of aliphatic carboxylic acids is 1. The van der Waals surface area contributed by atoms with Crippen molar-refractivity contribution in [1.82, 2.24) is 15.2 Å². The average molecular weight is 407 g/mol. The van der Waals surface area contributed by atoms with Gasteiger partial charge in [-0.1, -0.05) is 11.1 Å². The maximum Gasteiger partial charge on any atom is 0.352 e. The molecule has 3 heterocycles. The number of carboxylic acid groups (broad SMARTS) is 1. The first kappa shape index (κ1) is 18.7. The molecule has 1 aromatic heterocycles. The van der Waals surface area contributed by atoms with Crippen molar-refractivity contribution in [3.8, 4) is 12.3 Å². The Morgan fingerprint density at radius 1 is 1.59 bits per heavy atom. The van der Waals surface area contributed by atoms with Crippen LogP contribution >= 0.6 is 23.1 Å². The molecule has 0 spiro atoms. The van der Waals surface area contributed by atoms with E-state index in [-0.39, 0.29) is 28.8 Å². The molecule has 1 saturated heterocycles. The smallest absolute Gasteiger partial charge is 0.352 e. The molecule has 4 N–H and O–H groups in total. The number of nitrogens with two attached hydrogens (primary N) is 1. The zero-order valence-corrected chi connectivity index (χ0v) is 15.2. The van der Waals surface area contributed by atoms with E-state index in [0.717, 1.165) is 16.2 Å². The summed E-state index contributed by atoms with van der Waals surface area (Å²) in [5.41, 5.74) is 5.49. The summed E-state index contributed by atoms with van der Waals surface area (Å²) < 4.78 is 0. The van der Waals surface area contributed by atoms with E-state index in [4.69, 9.17) is 17.0 Å². The second kappa shape index (κ2) is 7.68. The lowest BCUT2D eigenvalue weighted by Gasteiger charge is -2.48. The Bertz CT molecular complexity index is 903. The van der Waals surface area contributed by atoms with Gasteiger partial charge in [-0.2, -0.15) is 0 Å². The van der Waals surface area contributed by atoms with Gasteiger partial charge in [-0.05, 0) is 6.08 Å². The number of fused-ring (bicyclic) bond motifs is 1. The number of carbonyl (C=O) groups excluding carboxylic acids is 2. The number of aromatic nitrogens is 1. The van der Waals surface area contributed by atoms with Crippen LogP contribution < -0.4 is 11.1 Å². The number of thiazole rings is 1. The fraction of sp³-hybridized carbons (Fsp3) is 0.267. The number of β-lactam (4-membered cyclic amide) rings is 1. The summed E-state index contributed by atoms with van der Waals surface area (Å²) >= 11 is 2.45. The van der Waals surface area contributed by atoms with E-state index < -0.39 is 29.2 Å². The van der Waals surface area contributed by atoms with Gasteiger partial charge in [0.25, 0.3) is 11.8 Å². The van der Waals surface area contributed by atoms with Crippen LogP contribution in [0.15, 0.2) is 22.3 Å². The number of rotatable bonds is 6. The second-order valence-electron chi connectivity index (χ2n) is 5.27. The van der Waals surface area contributed by atoms with Gasteiger partial charge in [0.15, 0.2) is 17.5 Å². The monoisotopic (exact) mass is 407 g/mol. The van der Waals surface area contributed by atoms with Gasteiger partial charge in [0.05, 0.1) is 0 Å². The van der Waals surface area contributed by atoms with Crippen LogP contribution in [0.1, 0.15) is 5.69 Å². The van der Waals surface area contributed by atoms with E-state index in [9.17, 15) is 19.5 Å². The SMILES string of the molecule is C#CCO/N=C(\C(=O)NC1C(=O)N2C(C(=O)O)=CCS[C@@H]12)c1csc(N)n1. The third-order valence-electron chi connectivity index (χ3n) is 3.64. The highest BCUT2D eigenvalue weighted by Gasteiger charge is 2.53. The molecule has 2 aliphatic rings. The van der Waals surface area contributed by atoms with Gasteiger partial charge < -0.3 is 21.0 Å². The van der Waals surface area contributed by atoms with E-state index in [0.29, 0.717) is 5.75 Å². The number of nitrogen functional groups attached to an aromatic ring is 1. The first-order valence-electron chi connectivity index (χ1n) is 7.47. The molecule has 1 fully saturated rings. The van der Waals surface area contributed by atoms with Crippen LogP contribution in [0.3, 0.4) is 0 Å². The normalized spacial score (nSPS) is 21.4. The Morgan fingerprint density at radius 2 is 2.37 bits per heavy atom. The summed E-state index contributed by atoms with van der Waals surface area (Å²) in [6.07, 6.45) is 6.55. The number of hydrogen-bond donors (Lipinski definition) is 3. The Kier molecular flexibility index (Phi) is 5.33.